The van der Waals surface area contributed by atoms with Crippen molar-refractivity contribution in [1.29, 1.82) is 0 Å². The molecule has 0 amide bonds. The first-order valence-electron chi connectivity index (χ1n) is 6.75. The summed E-state index contributed by atoms with van der Waals surface area (Å²) in [4.78, 5) is 12.2. The van der Waals surface area contributed by atoms with E-state index in [0.29, 0.717) is 17.9 Å². The first-order chi connectivity index (χ1) is 7.89. The summed E-state index contributed by atoms with van der Waals surface area (Å²) < 4.78 is 5.04. The topological polar surface area (TPSA) is 38.3 Å². The molecule has 0 unspecified atom stereocenters. The van der Waals surface area contributed by atoms with Crippen molar-refractivity contribution in [2.24, 2.45) is 11.8 Å². The number of carbonyl (C=O) groups excluding carboxylic acids is 1. The van der Waals surface area contributed by atoms with E-state index in [4.69, 9.17) is 4.74 Å². The fourth-order valence-electron chi connectivity index (χ4n) is 2.63. The van der Waals surface area contributed by atoms with Gasteiger partial charge in [0.1, 0.15) is 5.54 Å². The second kappa shape index (κ2) is 5.85. The van der Waals surface area contributed by atoms with Crippen LogP contribution in [0.25, 0.3) is 0 Å². The molecule has 0 atom stereocenters. The van der Waals surface area contributed by atoms with Gasteiger partial charge in [0.15, 0.2) is 0 Å². The quantitative estimate of drug-likeness (QED) is 0.697. The van der Waals surface area contributed by atoms with Gasteiger partial charge in [0.25, 0.3) is 0 Å². The van der Waals surface area contributed by atoms with Crippen molar-refractivity contribution in [3.8, 4) is 0 Å². The Morgan fingerprint density at radius 1 is 1.24 bits per heavy atom. The van der Waals surface area contributed by atoms with Crippen LogP contribution in [0.3, 0.4) is 0 Å². The van der Waals surface area contributed by atoms with E-state index in [1.807, 2.05) is 0 Å². The van der Waals surface area contributed by atoms with E-state index >= 15 is 0 Å². The first kappa shape index (κ1) is 14.5. The zero-order valence-electron chi connectivity index (χ0n) is 11.9. The number of methoxy groups -OCH3 is 1. The second-order valence-corrected chi connectivity index (χ2v) is 6.19. The largest absolute Gasteiger partial charge is 0.468 e. The van der Waals surface area contributed by atoms with E-state index < -0.39 is 5.54 Å². The lowest BCUT2D eigenvalue weighted by Gasteiger charge is -2.35. The summed E-state index contributed by atoms with van der Waals surface area (Å²) in [6.45, 7) is 8.64. The lowest BCUT2D eigenvalue weighted by atomic mass is 9.81. The number of hydrogen-bond acceptors (Lipinski definition) is 3. The van der Waals surface area contributed by atoms with Gasteiger partial charge in [-0.2, -0.15) is 0 Å². The molecule has 3 nitrogen and oxygen atoms in total. The van der Waals surface area contributed by atoms with Crippen molar-refractivity contribution >= 4 is 5.97 Å². The summed E-state index contributed by atoms with van der Waals surface area (Å²) in [6, 6.07) is 0.520. The van der Waals surface area contributed by atoms with E-state index in [-0.39, 0.29) is 5.97 Å². The molecule has 100 valence electrons. The van der Waals surface area contributed by atoms with Crippen LogP contribution in [0.2, 0.25) is 0 Å². The van der Waals surface area contributed by atoms with Gasteiger partial charge in [-0.3, -0.25) is 10.1 Å². The van der Waals surface area contributed by atoms with Crippen molar-refractivity contribution in [2.45, 2.75) is 65.0 Å². The van der Waals surface area contributed by atoms with Crippen LogP contribution >= 0.6 is 0 Å². The third kappa shape index (κ3) is 4.30. The number of ether oxygens (including phenoxy) is 1. The van der Waals surface area contributed by atoms with Crippen molar-refractivity contribution in [2.75, 3.05) is 7.11 Å². The number of carbonyl (C=O) groups is 1. The molecule has 0 heterocycles. The summed E-state index contributed by atoms with van der Waals surface area (Å²) in [5.74, 6) is 0.880. The summed E-state index contributed by atoms with van der Waals surface area (Å²) in [7, 11) is 1.49. The SMILES string of the molecule is COC(=O)C(CC(C)C)(CC(C)C)NC1CC1. The van der Waals surface area contributed by atoms with Gasteiger partial charge in [-0.25, -0.2) is 0 Å². The number of hydrogen-bond donors (Lipinski definition) is 1. The molecule has 0 saturated heterocycles. The smallest absolute Gasteiger partial charge is 0.326 e. The average Bonchev–Trinajstić information content (AvgIpc) is 2.97. The van der Waals surface area contributed by atoms with Crippen LogP contribution in [0.5, 0.6) is 0 Å². The molecule has 1 saturated carbocycles. The normalized spacial score (nSPS) is 16.6. The van der Waals surface area contributed by atoms with Gasteiger partial charge in [-0.15, -0.1) is 0 Å². The fraction of sp³-hybridized carbons (Fsp3) is 0.929. The molecule has 1 N–H and O–H groups in total. The highest BCUT2D eigenvalue weighted by Crippen LogP contribution is 2.31. The third-order valence-corrected chi connectivity index (χ3v) is 3.15. The Morgan fingerprint density at radius 3 is 2.00 bits per heavy atom. The van der Waals surface area contributed by atoms with E-state index in [1.54, 1.807) is 0 Å². The molecule has 0 aromatic heterocycles. The molecule has 1 aliphatic rings. The first-order valence-corrected chi connectivity index (χ1v) is 6.75. The maximum atomic E-state index is 12.2. The second-order valence-electron chi connectivity index (χ2n) is 6.19. The Morgan fingerprint density at radius 2 is 1.71 bits per heavy atom. The van der Waals surface area contributed by atoms with Crippen LogP contribution in [0, 0.1) is 11.8 Å². The highest BCUT2D eigenvalue weighted by atomic mass is 16.5. The van der Waals surface area contributed by atoms with Crippen LogP contribution in [0.15, 0.2) is 0 Å². The molecular formula is C14H27NO2. The van der Waals surface area contributed by atoms with Gasteiger partial charge < -0.3 is 4.74 Å². The maximum Gasteiger partial charge on any atom is 0.326 e. The molecule has 0 bridgehead atoms. The van der Waals surface area contributed by atoms with Crippen molar-refractivity contribution in [1.82, 2.24) is 5.32 Å². The molecule has 17 heavy (non-hydrogen) atoms. The van der Waals surface area contributed by atoms with E-state index in [2.05, 4.69) is 33.0 Å². The van der Waals surface area contributed by atoms with Gasteiger partial charge in [-0.1, -0.05) is 27.7 Å². The molecular weight excluding hydrogens is 214 g/mol. The monoisotopic (exact) mass is 241 g/mol. The minimum atomic E-state index is -0.474. The predicted molar refractivity (Wildman–Crippen MR) is 69.8 cm³/mol. The number of nitrogens with one attached hydrogen (secondary N) is 1. The molecule has 0 aromatic carbocycles. The molecule has 0 radical (unpaired) electrons. The van der Waals surface area contributed by atoms with Crippen LogP contribution in [0.1, 0.15) is 53.4 Å². The minimum absolute atomic E-state index is 0.0909. The standard InChI is InChI=1S/C14H27NO2/c1-10(2)8-14(9-11(3)4,13(16)17-5)15-12-6-7-12/h10-12,15H,6-9H2,1-5H3. The molecule has 1 fully saturated rings. The van der Waals surface area contributed by atoms with Crippen molar-refractivity contribution < 1.29 is 9.53 Å². The van der Waals surface area contributed by atoms with E-state index in [9.17, 15) is 4.79 Å². The number of rotatable bonds is 7. The Bertz CT molecular complexity index is 239. The Kier molecular flexibility index (Phi) is 4.99. The molecule has 0 spiro atoms. The molecule has 1 aliphatic carbocycles. The Hall–Kier alpha value is -0.570. The lowest BCUT2D eigenvalue weighted by Crippen LogP contribution is -2.55. The third-order valence-electron chi connectivity index (χ3n) is 3.15. The van der Waals surface area contributed by atoms with Gasteiger partial charge >= 0.3 is 5.97 Å². The highest BCUT2D eigenvalue weighted by Gasteiger charge is 2.43. The molecule has 0 aromatic rings. The average molecular weight is 241 g/mol. The zero-order chi connectivity index (χ0) is 13.1. The van der Waals surface area contributed by atoms with Crippen molar-refractivity contribution in [3.63, 3.8) is 0 Å². The fourth-order valence-corrected chi connectivity index (χ4v) is 2.63. The Balaban J connectivity index is 2.84. The van der Waals surface area contributed by atoms with Crippen LogP contribution in [0.4, 0.5) is 0 Å². The number of esters is 1. The van der Waals surface area contributed by atoms with E-state index in [0.717, 1.165) is 12.8 Å². The summed E-state index contributed by atoms with van der Waals surface area (Å²) in [6.07, 6.45) is 4.09. The van der Waals surface area contributed by atoms with Crippen LogP contribution in [-0.2, 0) is 9.53 Å². The molecule has 0 aliphatic heterocycles. The highest BCUT2D eigenvalue weighted by molar-refractivity contribution is 5.81. The predicted octanol–water partition coefficient (Wildman–Crippen LogP) is 2.74. The van der Waals surface area contributed by atoms with Crippen LogP contribution < -0.4 is 5.32 Å². The molecule has 1 rings (SSSR count). The Labute approximate surface area is 105 Å². The van der Waals surface area contributed by atoms with Gasteiger partial charge in [0.05, 0.1) is 7.11 Å². The zero-order valence-corrected chi connectivity index (χ0v) is 11.9. The summed E-state index contributed by atoms with van der Waals surface area (Å²) >= 11 is 0. The maximum absolute atomic E-state index is 12.2. The van der Waals surface area contributed by atoms with Crippen molar-refractivity contribution in [3.05, 3.63) is 0 Å². The summed E-state index contributed by atoms with van der Waals surface area (Å²) in [5.41, 5.74) is -0.474. The lowest BCUT2D eigenvalue weighted by molar-refractivity contribution is -0.150. The van der Waals surface area contributed by atoms with E-state index in [1.165, 1.54) is 20.0 Å². The van der Waals surface area contributed by atoms with Gasteiger partial charge in [-0.05, 0) is 37.5 Å². The minimum Gasteiger partial charge on any atom is -0.468 e. The van der Waals surface area contributed by atoms with Gasteiger partial charge in [0, 0.05) is 6.04 Å². The van der Waals surface area contributed by atoms with Gasteiger partial charge in [0.2, 0.25) is 0 Å². The molecule has 3 heteroatoms. The van der Waals surface area contributed by atoms with Crippen LogP contribution in [-0.4, -0.2) is 24.7 Å². The summed E-state index contributed by atoms with van der Waals surface area (Å²) in [5, 5.41) is 3.54.